The predicted octanol–water partition coefficient (Wildman–Crippen LogP) is 4.11. The highest BCUT2D eigenvalue weighted by Crippen LogP contribution is 2.28. The van der Waals surface area contributed by atoms with Crippen molar-refractivity contribution in [2.75, 3.05) is 0 Å². The minimum absolute atomic E-state index is 0.00142. The fraction of sp³-hybridized carbons (Fsp3) is 0.480. The molecule has 2 aromatic rings. The molecule has 1 aromatic carbocycles. The van der Waals surface area contributed by atoms with E-state index in [9.17, 15) is 14.4 Å². The summed E-state index contributed by atoms with van der Waals surface area (Å²) in [5.41, 5.74) is 4.18. The number of halogens is 1. The van der Waals surface area contributed by atoms with Crippen molar-refractivity contribution in [1.82, 2.24) is 20.9 Å². The maximum absolute atomic E-state index is 13.0. The second kappa shape index (κ2) is 11.1. The van der Waals surface area contributed by atoms with Gasteiger partial charge in [0, 0.05) is 46.5 Å². The molecule has 5 N–H and O–H groups in total. The van der Waals surface area contributed by atoms with Crippen LogP contribution in [-0.2, 0) is 6.54 Å². The van der Waals surface area contributed by atoms with Crippen LogP contribution in [0.4, 0.5) is 4.79 Å². The highest BCUT2D eigenvalue weighted by molar-refractivity contribution is 6.31. The molecule has 1 aromatic heterocycles. The van der Waals surface area contributed by atoms with Gasteiger partial charge in [-0.2, -0.15) is 0 Å². The molecule has 0 saturated heterocycles. The van der Waals surface area contributed by atoms with Crippen LogP contribution in [0.5, 0.6) is 0 Å². The van der Waals surface area contributed by atoms with Crippen LogP contribution in [-0.4, -0.2) is 34.2 Å². The topological polar surface area (TPSA) is 123 Å². The number of carbonyl (C=O) groups is 2. The van der Waals surface area contributed by atoms with Gasteiger partial charge in [-0.05, 0) is 88.3 Å². The smallest absolute Gasteiger partial charge is 0.404 e. The van der Waals surface area contributed by atoms with Crippen LogP contribution in [0.15, 0.2) is 23.0 Å². The highest BCUT2D eigenvalue weighted by Gasteiger charge is 2.25. The third kappa shape index (κ3) is 6.39. The average molecular weight is 489 g/mol. The van der Waals surface area contributed by atoms with Crippen LogP contribution >= 0.6 is 11.6 Å². The summed E-state index contributed by atoms with van der Waals surface area (Å²) in [6.45, 7) is 7.74. The monoisotopic (exact) mass is 488 g/mol. The van der Waals surface area contributed by atoms with E-state index in [0.717, 1.165) is 48.1 Å². The lowest BCUT2D eigenvalue weighted by molar-refractivity contribution is 0.0950. The first-order chi connectivity index (χ1) is 16.0. The zero-order valence-electron chi connectivity index (χ0n) is 20.0. The molecule has 8 nitrogen and oxygen atoms in total. The Hall–Kier alpha value is -2.84. The van der Waals surface area contributed by atoms with E-state index in [1.165, 1.54) is 0 Å². The number of amides is 2. The molecule has 1 aliphatic rings. The molecule has 1 aliphatic carbocycles. The van der Waals surface area contributed by atoms with E-state index in [2.05, 4.69) is 20.9 Å². The first-order valence-corrected chi connectivity index (χ1v) is 12.0. The van der Waals surface area contributed by atoms with E-state index in [0.29, 0.717) is 16.1 Å². The summed E-state index contributed by atoms with van der Waals surface area (Å²) >= 11 is 6.38. The van der Waals surface area contributed by atoms with Crippen LogP contribution in [0.2, 0.25) is 5.02 Å². The molecular formula is C25H33ClN4O4. The van der Waals surface area contributed by atoms with Gasteiger partial charge >= 0.3 is 6.09 Å². The van der Waals surface area contributed by atoms with E-state index < -0.39 is 6.09 Å². The average Bonchev–Trinajstić information content (AvgIpc) is 2.75. The Morgan fingerprint density at radius 2 is 1.76 bits per heavy atom. The lowest BCUT2D eigenvalue weighted by Gasteiger charge is -2.32. The van der Waals surface area contributed by atoms with Crippen LogP contribution < -0.4 is 21.5 Å². The summed E-state index contributed by atoms with van der Waals surface area (Å²) < 4.78 is 0. The van der Waals surface area contributed by atoms with Gasteiger partial charge in [-0.15, -0.1) is 0 Å². The van der Waals surface area contributed by atoms with Crippen LogP contribution in [0.1, 0.15) is 77.0 Å². The zero-order valence-corrected chi connectivity index (χ0v) is 20.8. The number of aromatic amines is 1. The number of hydrogen-bond acceptors (Lipinski definition) is 4. The number of carbonyl (C=O) groups excluding carboxylic acids is 1. The number of pyridine rings is 1. The van der Waals surface area contributed by atoms with Crippen LogP contribution in [0.25, 0.3) is 0 Å². The summed E-state index contributed by atoms with van der Waals surface area (Å²) in [7, 11) is 0. The van der Waals surface area contributed by atoms with Crippen LogP contribution in [0.3, 0.4) is 0 Å². The van der Waals surface area contributed by atoms with Gasteiger partial charge in [-0.25, -0.2) is 4.79 Å². The SMILES string of the molecule is Cc1cc(C)c(CNC(=O)c2cc(Cl)cc(C(C)N[C@H]3CC[C@H](NC(=O)O)CC3)c2C)c(=O)[nH]1. The third-order valence-corrected chi connectivity index (χ3v) is 6.80. The number of nitrogens with one attached hydrogen (secondary N) is 4. The molecule has 0 aliphatic heterocycles. The maximum Gasteiger partial charge on any atom is 0.404 e. The van der Waals surface area contributed by atoms with Crippen molar-refractivity contribution in [2.45, 2.75) is 78.0 Å². The maximum atomic E-state index is 13.0. The normalized spacial score (nSPS) is 18.9. The second-order valence-electron chi connectivity index (χ2n) is 9.18. The Balaban J connectivity index is 1.69. The molecule has 184 valence electrons. The summed E-state index contributed by atoms with van der Waals surface area (Å²) in [4.78, 5) is 38.9. The summed E-state index contributed by atoms with van der Waals surface area (Å²) in [5, 5.41) is 18.4. The van der Waals surface area contributed by atoms with Crippen molar-refractivity contribution in [3.05, 3.63) is 67.1 Å². The van der Waals surface area contributed by atoms with Gasteiger partial charge in [-0.3, -0.25) is 9.59 Å². The molecule has 1 atom stereocenters. The van der Waals surface area contributed by atoms with E-state index in [1.54, 1.807) is 6.07 Å². The van der Waals surface area contributed by atoms with Crippen molar-refractivity contribution in [1.29, 1.82) is 0 Å². The number of aryl methyl sites for hydroxylation is 2. The Labute approximate surface area is 204 Å². The minimum Gasteiger partial charge on any atom is -0.465 e. The number of H-pyrrole nitrogens is 1. The molecule has 1 fully saturated rings. The standard InChI is InChI=1S/C25H33ClN4O4/c1-13-9-14(2)28-24(32)22(13)12-27-23(31)21-11-17(26)10-20(15(21)3)16(4)29-18-5-7-19(8-6-18)30-25(33)34/h9-11,16,18-19,29-30H,5-8,12H2,1-4H3,(H,27,31)(H,28,32)(H,33,34)/t16?,18-,19-. The van der Waals surface area contributed by atoms with Crippen molar-refractivity contribution < 1.29 is 14.7 Å². The summed E-state index contributed by atoms with van der Waals surface area (Å²) in [5.74, 6) is -0.284. The van der Waals surface area contributed by atoms with Crippen LogP contribution in [0, 0.1) is 20.8 Å². The van der Waals surface area contributed by atoms with Gasteiger partial charge in [0.1, 0.15) is 0 Å². The predicted molar refractivity (Wildman–Crippen MR) is 133 cm³/mol. The number of carboxylic acid groups (broad SMARTS) is 1. The van der Waals surface area contributed by atoms with Crippen molar-refractivity contribution in [3.8, 4) is 0 Å². The molecule has 1 unspecified atom stereocenters. The molecule has 9 heteroatoms. The number of hydrogen-bond donors (Lipinski definition) is 5. The molecule has 1 heterocycles. The Morgan fingerprint density at radius 3 is 2.38 bits per heavy atom. The van der Waals surface area contributed by atoms with E-state index in [-0.39, 0.29) is 36.1 Å². The van der Waals surface area contributed by atoms with Crippen molar-refractivity contribution in [3.63, 3.8) is 0 Å². The Bertz CT molecular complexity index is 1120. The molecule has 0 spiro atoms. The summed E-state index contributed by atoms with van der Waals surface area (Å²) in [6, 6.07) is 5.62. The second-order valence-corrected chi connectivity index (χ2v) is 9.62. The van der Waals surface area contributed by atoms with Crippen molar-refractivity contribution in [2.24, 2.45) is 0 Å². The first kappa shape index (κ1) is 25.8. The van der Waals surface area contributed by atoms with Gasteiger partial charge in [0.15, 0.2) is 0 Å². The van der Waals surface area contributed by atoms with Crippen molar-refractivity contribution >= 4 is 23.6 Å². The van der Waals surface area contributed by atoms with Gasteiger partial charge in [0.05, 0.1) is 0 Å². The van der Waals surface area contributed by atoms with Gasteiger partial charge in [0.2, 0.25) is 0 Å². The molecule has 34 heavy (non-hydrogen) atoms. The minimum atomic E-state index is -0.979. The fourth-order valence-electron chi connectivity index (χ4n) is 4.77. The zero-order chi connectivity index (χ0) is 25.0. The van der Waals surface area contributed by atoms with Gasteiger partial charge in [0.25, 0.3) is 11.5 Å². The lowest BCUT2D eigenvalue weighted by atomic mass is 9.89. The fourth-order valence-corrected chi connectivity index (χ4v) is 5.00. The largest absolute Gasteiger partial charge is 0.465 e. The number of aromatic nitrogens is 1. The number of rotatable bonds is 7. The van der Waals surface area contributed by atoms with Gasteiger partial charge in [-0.1, -0.05) is 11.6 Å². The Kier molecular flexibility index (Phi) is 8.38. The van der Waals surface area contributed by atoms with Gasteiger partial charge < -0.3 is 26.0 Å². The summed E-state index contributed by atoms with van der Waals surface area (Å²) in [6.07, 6.45) is 2.33. The molecule has 1 saturated carbocycles. The Morgan fingerprint density at radius 1 is 1.12 bits per heavy atom. The molecular weight excluding hydrogens is 456 g/mol. The van der Waals surface area contributed by atoms with E-state index in [1.807, 2.05) is 39.8 Å². The first-order valence-electron chi connectivity index (χ1n) is 11.6. The highest BCUT2D eigenvalue weighted by atomic mass is 35.5. The molecule has 3 rings (SSSR count). The molecule has 0 radical (unpaired) electrons. The number of benzene rings is 1. The van der Waals surface area contributed by atoms with E-state index in [4.69, 9.17) is 16.7 Å². The molecule has 0 bridgehead atoms. The third-order valence-electron chi connectivity index (χ3n) is 6.58. The quantitative estimate of drug-likeness (QED) is 0.401. The van der Waals surface area contributed by atoms with E-state index >= 15 is 0 Å². The molecule has 2 amide bonds. The lowest BCUT2D eigenvalue weighted by Crippen LogP contribution is -2.42.